The molecular formula is C23H23N3. The van der Waals surface area contributed by atoms with Gasteiger partial charge in [-0.2, -0.15) is 0 Å². The predicted octanol–water partition coefficient (Wildman–Crippen LogP) is 5.23. The molecule has 0 atom stereocenters. The summed E-state index contributed by atoms with van der Waals surface area (Å²) in [6.07, 6.45) is 10.8. The van der Waals surface area contributed by atoms with Gasteiger partial charge in [-0.1, -0.05) is 24.3 Å². The first-order chi connectivity index (χ1) is 12.8. The lowest BCUT2D eigenvalue weighted by atomic mass is 9.90. The maximum Gasteiger partial charge on any atom is 0.141 e. The zero-order valence-corrected chi connectivity index (χ0v) is 15.2. The van der Waals surface area contributed by atoms with Gasteiger partial charge in [0.2, 0.25) is 0 Å². The number of anilines is 3. The van der Waals surface area contributed by atoms with E-state index in [0.717, 1.165) is 30.9 Å². The average Bonchev–Trinajstić information content (AvgIpc) is 2.84. The first-order valence-electron chi connectivity index (χ1n) is 9.61. The van der Waals surface area contributed by atoms with Gasteiger partial charge in [0.15, 0.2) is 0 Å². The van der Waals surface area contributed by atoms with E-state index < -0.39 is 0 Å². The van der Waals surface area contributed by atoms with Crippen LogP contribution >= 0.6 is 0 Å². The van der Waals surface area contributed by atoms with Crippen LogP contribution in [-0.4, -0.2) is 9.97 Å². The van der Waals surface area contributed by atoms with E-state index in [1.54, 1.807) is 0 Å². The Labute approximate surface area is 154 Å². The third-order valence-electron chi connectivity index (χ3n) is 5.65. The van der Waals surface area contributed by atoms with Crippen molar-refractivity contribution in [1.82, 2.24) is 9.97 Å². The highest BCUT2D eigenvalue weighted by molar-refractivity contribution is 5.79. The Morgan fingerprint density at radius 2 is 1.62 bits per heavy atom. The average molecular weight is 341 g/mol. The fourth-order valence-electron chi connectivity index (χ4n) is 4.40. The molecule has 2 aliphatic rings. The Morgan fingerprint density at radius 1 is 0.808 bits per heavy atom. The van der Waals surface area contributed by atoms with E-state index in [-0.39, 0.29) is 0 Å². The van der Waals surface area contributed by atoms with E-state index >= 15 is 0 Å². The summed E-state index contributed by atoms with van der Waals surface area (Å²) >= 11 is 0. The molecule has 3 heterocycles. The normalized spacial score (nSPS) is 15.7. The number of aromatic nitrogens is 2. The van der Waals surface area contributed by atoms with Crippen molar-refractivity contribution in [2.75, 3.05) is 4.90 Å². The first kappa shape index (κ1) is 15.6. The van der Waals surface area contributed by atoms with E-state index in [0.29, 0.717) is 0 Å². The van der Waals surface area contributed by atoms with Gasteiger partial charge in [-0.3, -0.25) is 4.90 Å². The van der Waals surface area contributed by atoms with Gasteiger partial charge < -0.3 is 0 Å². The SMILES string of the molecule is Cc1cnc2c(c1)CCc1cccnc1N2c1cccc2c1CCCC2. The lowest BCUT2D eigenvalue weighted by Gasteiger charge is -2.29. The molecule has 3 nitrogen and oxygen atoms in total. The number of pyridine rings is 2. The zero-order valence-electron chi connectivity index (χ0n) is 15.2. The highest BCUT2D eigenvalue weighted by Crippen LogP contribution is 2.42. The second-order valence-electron chi connectivity index (χ2n) is 7.44. The third-order valence-corrected chi connectivity index (χ3v) is 5.65. The summed E-state index contributed by atoms with van der Waals surface area (Å²) < 4.78 is 0. The van der Waals surface area contributed by atoms with E-state index in [9.17, 15) is 0 Å². The van der Waals surface area contributed by atoms with Crippen molar-refractivity contribution in [3.8, 4) is 0 Å². The Hall–Kier alpha value is -2.68. The minimum atomic E-state index is 1.01. The summed E-state index contributed by atoms with van der Waals surface area (Å²) in [6.45, 7) is 2.12. The lowest BCUT2D eigenvalue weighted by Crippen LogP contribution is -2.18. The van der Waals surface area contributed by atoms with Gasteiger partial charge in [-0.25, -0.2) is 9.97 Å². The number of hydrogen-bond donors (Lipinski definition) is 0. The predicted molar refractivity (Wildman–Crippen MR) is 106 cm³/mol. The van der Waals surface area contributed by atoms with Crippen LogP contribution in [0.4, 0.5) is 17.3 Å². The monoisotopic (exact) mass is 341 g/mol. The van der Waals surface area contributed by atoms with Gasteiger partial charge in [-0.05, 0) is 85.4 Å². The van der Waals surface area contributed by atoms with Gasteiger partial charge in [-0.15, -0.1) is 0 Å². The van der Waals surface area contributed by atoms with Crippen LogP contribution in [0.3, 0.4) is 0 Å². The third kappa shape index (κ3) is 2.50. The van der Waals surface area contributed by atoms with Crippen molar-refractivity contribution in [2.45, 2.75) is 45.4 Å². The van der Waals surface area contributed by atoms with Crippen molar-refractivity contribution in [3.05, 3.63) is 76.6 Å². The van der Waals surface area contributed by atoms with Crippen LogP contribution in [-0.2, 0) is 25.7 Å². The van der Waals surface area contributed by atoms with E-state index in [2.05, 4.69) is 42.2 Å². The fourth-order valence-corrected chi connectivity index (χ4v) is 4.40. The van der Waals surface area contributed by atoms with Gasteiger partial charge in [0.25, 0.3) is 0 Å². The van der Waals surface area contributed by atoms with Gasteiger partial charge in [0.1, 0.15) is 11.6 Å². The van der Waals surface area contributed by atoms with Crippen LogP contribution in [0.15, 0.2) is 48.8 Å². The summed E-state index contributed by atoms with van der Waals surface area (Å²) in [7, 11) is 0. The largest absolute Gasteiger partial charge is 0.278 e. The first-order valence-corrected chi connectivity index (χ1v) is 9.61. The summed E-state index contributed by atoms with van der Waals surface area (Å²) in [4.78, 5) is 12.0. The van der Waals surface area contributed by atoms with Crippen molar-refractivity contribution in [3.63, 3.8) is 0 Å². The van der Waals surface area contributed by atoms with Gasteiger partial charge in [0, 0.05) is 12.4 Å². The maximum absolute atomic E-state index is 4.87. The van der Waals surface area contributed by atoms with Gasteiger partial charge >= 0.3 is 0 Å². The molecule has 130 valence electrons. The van der Waals surface area contributed by atoms with Crippen molar-refractivity contribution >= 4 is 17.3 Å². The van der Waals surface area contributed by atoms with Crippen LogP contribution in [0, 0.1) is 6.92 Å². The second-order valence-corrected chi connectivity index (χ2v) is 7.44. The number of rotatable bonds is 1. The molecule has 2 aromatic heterocycles. The summed E-state index contributed by atoms with van der Waals surface area (Å²) in [5.41, 5.74) is 8.07. The molecule has 0 saturated carbocycles. The molecule has 0 radical (unpaired) electrons. The number of hydrogen-bond acceptors (Lipinski definition) is 3. The topological polar surface area (TPSA) is 29.0 Å². The number of aryl methyl sites for hydroxylation is 4. The Kier molecular flexibility index (Phi) is 3.74. The van der Waals surface area contributed by atoms with Crippen LogP contribution < -0.4 is 4.90 Å². The zero-order chi connectivity index (χ0) is 17.5. The maximum atomic E-state index is 4.87. The molecular weight excluding hydrogens is 318 g/mol. The molecule has 0 N–H and O–H groups in total. The Balaban J connectivity index is 1.78. The minimum Gasteiger partial charge on any atom is -0.278 e. The minimum absolute atomic E-state index is 1.01. The highest BCUT2D eigenvalue weighted by atomic mass is 15.2. The van der Waals surface area contributed by atoms with Crippen LogP contribution in [0.25, 0.3) is 0 Å². The van der Waals surface area contributed by atoms with Crippen LogP contribution in [0.1, 0.15) is 40.7 Å². The summed E-state index contributed by atoms with van der Waals surface area (Å²) in [5.74, 6) is 2.09. The molecule has 3 heteroatoms. The Bertz CT molecular complexity index is 977. The highest BCUT2D eigenvalue weighted by Gasteiger charge is 2.27. The second kappa shape index (κ2) is 6.24. The number of nitrogens with zero attached hydrogens (tertiary/aromatic N) is 3. The summed E-state index contributed by atoms with van der Waals surface area (Å²) in [5, 5.41) is 0. The van der Waals surface area contributed by atoms with Crippen molar-refractivity contribution in [2.24, 2.45) is 0 Å². The van der Waals surface area contributed by atoms with Crippen LogP contribution in [0.2, 0.25) is 0 Å². The van der Waals surface area contributed by atoms with E-state index in [4.69, 9.17) is 9.97 Å². The molecule has 1 aromatic carbocycles. The van der Waals surface area contributed by atoms with Crippen molar-refractivity contribution in [1.29, 1.82) is 0 Å². The molecule has 0 unspecified atom stereocenters. The molecule has 0 bridgehead atoms. The molecule has 1 aliphatic carbocycles. The number of fused-ring (bicyclic) bond motifs is 3. The molecule has 0 spiro atoms. The quantitative estimate of drug-likeness (QED) is 0.607. The van der Waals surface area contributed by atoms with Crippen LogP contribution in [0.5, 0.6) is 0 Å². The molecule has 0 saturated heterocycles. The van der Waals surface area contributed by atoms with E-state index in [1.807, 2.05) is 18.5 Å². The molecule has 26 heavy (non-hydrogen) atoms. The molecule has 5 rings (SSSR count). The fraction of sp³-hybridized carbons (Fsp3) is 0.304. The smallest absolute Gasteiger partial charge is 0.141 e. The molecule has 1 aliphatic heterocycles. The number of benzene rings is 1. The van der Waals surface area contributed by atoms with E-state index in [1.165, 1.54) is 52.8 Å². The Morgan fingerprint density at radius 3 is 2.58 bits per heavy atom. The summed E-state index contributed by atoms with van der Waals surface area (Å²) in [6, 6.07) is 13.3. The van der Waals surface area contributed by atoms with Crippen molar-refractivity contribution < 1.29 is 0 Å². The molecule has 0 fully saturated rings. The lowest BCUT2D eigenvalue weighted by molar-refractivity contribution is 0.685. The molecule has 0 amide bonds. The standard InChI is InChI=1S/C23H23N3/c1-16-14-19-12-11-18-8-5-13-24-22(18)26(23(19)25-15-16)21-10-4-7-17-6-2-3-9-20(17)21/h4-5,7-8,10,13-15H,2-3,6,9,11-12H2,1H3. The van der Waals surface area contributed by atoms with Gasteiger partial charge in [0.05, 0.1) is 5.69 Å². The molecule has 3 aromatic rings.